The van der Waals surface area contributed by atoms with Crippen LogP contribution in [0.5, 0.6) is 0 Å². The van der Waals surface area contributed by atoms with E-state index < -0.39 is 0 Å². The van der Waals surface area contributed by atoms with E-state index in [1.165, 1.54) is 17.1 Å². The Morgan fingerprint density at radius 2 is 1.49 bits per heavy atom. The number of piperazine rings is 1. The van der Waals surface area contributed by atoms with Gasteiger partial charge in [-0.15, -0.1) is 0 Å². The van der Waals surface area contributed by atoms with Crippen LogP contribution in [-0.2, 0) is 24.3 Å². The summed E-state index contributed by atoms with van der Waals surface area (Å²) in [7, 11) is 0. The van der Waals surface area contributed by atoms with Crippen LogP contribution >= 0.6 is 23.1 Å². The Labute approximate surface area is 227 Å². The van der Waals surface area contributed by atoms with Gasteiger partial charge in [0.2, 0.25) is 11.0 Å². The van der Waals surface area contributed by atoms with Gasteiger partial charge >= 0.3 is 0 Å². The Kier molecular flexibility index (Phi) is 8.46. The SMILES string of the molecule is O=C(CN(Cc1ccccc1)c1nc(Cc2ccc(Cl)cc2)ns1)N1CCN(Cc2ccccc2)CC1. The first-order valence-corrected chi connectivity index (χ1v) is 13.7. The minimum absolute atomic E-state index is 0.129. The van der Waals surface area contributed by atoms with Crippen LogP contribution in [-0.4, -0.2) is 57.8 Å². The summed E-state index contributed by atoms with van der Waals surface area (Å²) in [6.45, 7) is 5.04. The van der Waals surface area contributed by atoms with Gasteiger partial charge in [0.15, 0.2) is 0 Å². The molecule has 1 amide bonds. The van der Waals surface area contributed by atoms with Crippen molar-refractivity contribution in [2.45, 2.75) is 19.5 Å². The van der Waals surface area contributed by atoms with Crippen molar-refractivity contribution in [3.05, 3.63) is 112 Å². The van der Waals surface area contributed by atoms with Crippen molar-refractivity contribution in [1.82, 2.24) is 19.2 Å². The standard InChI is InChI=1S/C29H30ClN5OS/c30-26-13-11-23(12-14-26)19-27-31-29(37-32-27)35(21-25-9-5-2-6-10-25)22-28(36)34-17-15-33(16-18-34)20-24-7-3-1-4-8-24/h1-14H,15-22H2. The average Bonchev–Trinajstić information content (AvgIpc) is 3.40. The number of benzene rings is 3. The third-order valence-corrected chi connectivity index (χ3v) is 7.59. The van der Waals surface area contributed by atoms with Crippen LogP contribution in [0.3, 0.4) is 0 Å². The number of hydrogen-bond donors (Lipinski definition) is 0. The summed E-state index contributed by atoms with van der Waals surface area (Å²) in [5.41, 5.74) is 3.55. The van der Waals surface area contributed by atoms with Gasteiger partial charge in [-0.05, 0) is 28.8 Å². The molecule has 0 saturated carbocycles. The van der Waals surface area contributed by atoms with Crippen LogP contribution in [0.25, 0.3) is 0 Å². The third kappa shape index (κ3) is 7.16. The van der Waals surface area contributed by atoms with Crippen LogP contribution in [0.4, 0.5) is 5.13 Å². The van der Waals surface area contributed by atoms with Crippen LogP contribution in [0.1, 0.15) is 22.5 Å². The largest absolute Gasteiger partial charge is 0.339 e. The van der Waals surface area contributed by atoms with Crippen molar-refractivity contribution in [2.75, 3.05) is 37.6 Å². The van der Waals surface area contributed by atoms with Gasteiger partial charge in [-0.1, -0.05) is 84.4 Å². The molecule has 1 aliphatic heterocycles. The van der Waals surface area contributed by atoms with Crippen LogP contribution in [0.2, 0.25) is 5.02 Å². The fraction of sp³-hybridized carbons (Fsp3) is 0.276. The smallest absolute Gasteiger partial charge is 0.242 e. The molecule has 0 N–H and O–H groups in total. The second-order valence-corrected chi connectivity index (χ2v) is 10.4. The molecule has 1 aromatic heterocycles. The minimum atomic E-state index is 0.129. The van der Waals surface area contributed by atoms with Gasteiger partial charge < -0.3 is 9.80 Å². The normalized spacial score (nSPS) is 14.0. The molecule has 8 heteroatoms. The van der Waals surface area contributed by atoms with Gasteiger partial charge in [0.25, 0.3) is 0 Å². The molecule has 0 atom stereocenters. The van der Waals surface area contributed by atoms with E-state index in [0.29, 0.717) is 18.0 Å². The molecule has 3 aromatic carbocycles. The lowest BCUT2D eigenvalue weighted by Gasteiger charge is -2.35. The molecule has 0 radical (unpaired) electrons. The highest BCUT2D eigenvalue weighted by Crippen LogP contribution is 2.22. The first-order chi connectivity index (χ1) is 18.1. The molecule has 1 aliphatic rings. The van der Waals surface area contributed by atoms with Gasteiger partial charge in [-0.2, -0.15) is 4.37 Å². The number of anilines is 1. The molecule has 5 rings (SSSR count). The molecule has 37 heavy (non-hydrogen) atoms. The summed E-state index contributed by atoms with van der Waals surface area (Å²) < 4.78 is 4.59. The van der Waals surface area contributed by atoms with Gasteiger partial charge in [0, 0.05) is 62.2 Å². The van der Waals surface area contributed by atoms with E-state index in [2.05, 4.69) is 50.6 Å². The first-order valence-electron chi connectivity index (χ1n) is 12.5. The fourth-order valence-electron chi connectivity index (χ4n) is 4.49. The summed E-state index contributed by atoms with van der Waals surface area (Å²) >= 11 is 7.37. The Bertz CT molecular complexity index is 1270. The zero-order chi connectivity index (χ0) is 25.5. The molecular weight excluding hydrogens is 502 g/mol. The summed E-state index contributed by atoms with van der Waals surface area (Å²) in [6.07, 6.45) is 0.629. The summed E-state index contributed by atoms with van der Waals surface area (Å²) in [4.78, 5) is 24.6. The highest BCUT2D eigenvalue weighted by Gasteiger charge is 2.24. The summed E-state index contributed by atoms with van der Waals surface area (Å²) in [5.74, 6) is 0.882. The lowest BCUT2D eigenvalue weighted by Crippen LogP contribution is -2.50. The monoisotopic (exact) mass is 531 g/mol. The van der Waals surface area contributed by atoms with Crippen molar-refractivity contribution >= 4 is 34.2 Å². The number of rotatable bonds is 9. The van der Waals surface area contributed by atoms with Crippen molar-refractivity contribution < 1.29 is 4.79 Å². The number of hydrogen-bond acceptors (Lipinski definition) is 6. The van der Waals surface area contributed by atoms with Crippen molar-refractivity contribution in [2.24, 2.45) is 0 Å². The van der Waals surface area contributed by atoms with Crippen LogP contribution < -0.4 is 4.90 Å². The molecule has 1 fully saturated rings. The average molecular weight is 532 g/mol. The Balaban J connectivity index is 1.23. The number of carbonyl (C=O) groups excluding carboxylic acids is 1. The van der Waals surface area contributed by atoms with E-state index in [9.17, 15) is 4.79 Å². The molecule has 190 valence electrons. The number of nitrogens with zero attached hydrogens (tertiary/aromatic N) is 5. The quantitative estimate of drug-likeness (QED) is 0.299. The Morgan fingerprint density at radius 3 is 2.16 bits per heavy atom. The predicted octanol–water partition coefficient (Wildman–Crippen LogP) is 5.13. The number of carbonyl (C=O) groups is 1. The number of amides is 1. The van der Waals surface area contributed by atoms with E-state index in [-0.39, 0.29) is 12.5 Å². The highest BCUT2D eigenvalue weighted by atomic mass is 35.5. The molecule has 1 saturated heterocycles. The molecule has 2 heterocycles. The van der Waals surface area contributed by atoms with Gasteiger partial charge in [0.1, 0.15) is 5.82 Å². The Hall–Kier alpha value is -3.26. The summed E-state index contributed by atoms with van der Waals surface area (Å²) in [6, 6.07) is 28.4. The molecular formula is C29H30ClN5OS. The minimum Gasteiger partial charge on any atom is -0.339 e. The van der Waals surface area contributed by atoms with E-state index in [4.69, 9.17) is 16.6 Å². The molecule has 0 aliphatic carbocycles. The maximum atomic E-state index is 13.4. The topological polar surface area (TPSA) is 52.6 Å². The fourth-order valence-corrected chi connectivity index (χ4v) is 5.29. The van der Waals surface area contributed by atoms with Crippen molar-refractivity contribution in [3.8, 4) is 0 Å². The van der Waals surface area contributed by atoms with E-state index in [1.807, 2.05) is 53.4 Å². The number of halogens is 1. The van der Waals surface area contributed by atoms with Crippen molar-refractivity contribution in [1.29, 1.82) is 0 Å². The zero-order valence-electron chi connectivity index (χ0n) is 20.7. The van der Waals surface area contributed by atoms with E-state index in [0.717, 1.165) is 54.8 Å². The van der Waals surface area contributed by atoms with Gasteiger partial charge in [-0.3, -0.25) is 9.69 Å². The first kappa shape index (κ1) is 25.4. The third-order valence-electron chi connectivity index (χ3n) is 6.52. The molecule has 6 nitrogen and oxygen atoms in total. The molecule has 4 aromatic rings. The van der Waals surface area contributed by atoms with E-state index in [1.54, 1.807) is 0 Å². The molecule has 0 bridgehead atoms. The summed E-state index contributed by atoms with van der Waals surface area (Å²) in [5, 5.41) is 1.48. The maximum Gasteiger partial charge on any atom is 0.242 e. The second-order valence-electron chi connectivity index (χ2n) is 9.28. The van der Waals surface area contributed by atoms with Gasteiger partial charge in [-0.25, -0.2) is 4.98 Å². The zero-order valence-corrected chi connectivity index (χ0v) is 22.2. The predicted molar refractivity (Wildman–Crippen MR) is 150 cm³/mol. The Morgan fingerprint density at radius 1 is 0.838 bits per heavy atom. The number of aromatic nitrogens is 2. The van der Waals surface area contributed by atoms with Crippen LogP contribution in [0, 0.1) is 0 Å². The highest BCUT2D eigenvalue weighted by molar-refractivity contribution is 7.09. The van der Waals surface area contributed by atoms with Crippen LogP contribution in [0.15, 0.2) is 84.9 Å². The van der Waals surface area contributed by atoms with E-state index >= 15 is 0 Å². The van der Waals surface area contributed by atoms with Gasteiger partial charge in [0.05, 0.1) is 6.54 Å². The molecule has 0 unspecified atom stereocenters. The maximum absolute atomic E-state index is 13.4. The lowest BCUT2D eigenvalue weighted by molar-refractivity contribution is -0.131. The lowest BCUT2D eigenvalue weighted by atomic mass is 10.1. The second kappa shape index (κ2) is 12.3. The molecule has 0 spiro atoms. The van der Waals surface area contributed by atoms with Crippen molar-refractivity contribution in [3.63, 3.8) is 0 Å².